The minimum absolute atomic E-state index is 0.165. The van der Waals surface area contributed by atoms with Crippen LogP contribution in [0.3, 0.4) is 0 Å². The van der Waals surface area contributed by atoms with Gasteiger partial charge in [0.05, 0.1) is 12.6 Å². The van der Waals surface area contributed by atoms with Gasteiger partial charge in [0.25, 0.3) is 0 Å². The van der Waals surface area contributed by atoms with E-state index in [0.29, 0.717) is 11.1 Å². The lowest BCUT2D eigenvalue weighted by Crippen LogP contribution is -2.18. The number of ether oxygens (including phenoxy) is 1. The third-order valence-electron chi connectivity index (χ3n) is 2.50. The van der Waals surface area contributed by atoms with Gasteiger partial charge in [-0.05, 0) is 30.4 Å². The number of nitrogens with zero attached hydrogens (tertiary/aromatic N) is 2. The number of nitrogens with one attached hydrogen (secondary N) is 1. The van der Waals surface area contributed by atoms with E-state index >= 15 is 0 Å². The Bertz CT molecular complexity index is 635. The lowest BCUT2D eigenvalue weighted by molar-refractivity contribution is 0.0595. The topological polar surface area (TPSA) is 82.2 Å². The summed E-state index contributed by atoms with van der Waals surface area (Å²) in [5, 5.41) is 7.79. The number of hydrogen-bond acceptors (Lipinski definition) is 4. The van der Waals surface area contributed by atoms with Gasteiger partial charge in [0.1, 0.15) is 0 Å². The Morgan fingerprint density at radius 2 is 2.28 bits per heavy atom. The third kappa shape index (κ3) is 2.12. The fraction of sp³-hybridized carbons (Fsp3) is 0.182. The van der Waals surface area contributed by atoms with Crippen molar-refractivity contribution in [1.82, 2.24) is 9.78 Å². The Hall–Kier alpha value is -2.15. The first kappa shape index (κ1) is 12.3. The Balaban J connectivity index is 2.58. The molecule has 0 unspecified atom stereocenters. The number of aromatic nitrogens is 2. The van der Waals surface area contributed by atoms with Crippen LogP contribution < -0.4 is 11.1 Å². The third-order valence-corrected chi connectivity index (χ3v) is 2.60. The first-order valence-corrected chi connectivity index (χ1v) is 5.55. The second-order valence-corrected chi connectivity index (χ2v) is 4.12. The number of aryl methyl sites for hydroxylation is 1. The quantitative estimate of drug-likeness (QED) is 0.622. The molecule has 0 saturated heterocycles. The molecule has 94 valence electrons. The fourth-order valence-electron chi connectivity index (χ4n) is 1.73. The molecule has 0 radical (unpaired) electrons. The van der Waals surface area contributed by atoms with E-state index in [4.69, 9.17) is 22.7 Å². The van der Waals surface area contributed by atoms with Crippen LogP contribution in [0.1, 0.15) is 10.5 Å². The molecule has 0 aliphatic carbocycles. The summed E-state index contributed by atoms with van der Waals surface area (Å²) in [5.41, 5.74) is 7.20. The maximum Gasteiger partial charge on any atom is 0.359 e. The summed E-state index contributed by atoms with van der Waals surface area (Å²) in [7, 11) is 3.08. The first-order chi connectivity index (χ1) is 8.52. The van der Waals surface area contributed by atoms with Gasteiger partial charge in [-0.3, -0.25) is 4.68 Å². The predicted molar refractivity (Wildman–Crippen MR) is 72.5 cm³/mol. The fourth-order valence-corrected chi connectivity index (χ4v) is 1.85. The second-order valence-electron chi connectivity index (χ2n) is 3.68. The largest absolute Gasteiger partial charge is 0.464 e. The SMILES string of the molecule is COC(=O)c1nn(C)c2ccc(NC(N)=S)cc12. The maximum absolute atomic E-state index is 11.6. The van der Waals surface area contributed by atoms with E-state index in [1.54, 1.807) is 17.8 Å². The van der Waals surface area contributed by atoms with Crippen LogP contribution >= 0.6 is 12.2 Å². The molecule has 1 aromatic heterocycles. The van der Waals surface area contributed by atoms with Crippen molar-refractivity contribution < 1.29 is 9.53 Å². The van der Waals surface area contributed by atoms with Gasteiger partial charge in [-0.25, -0.2) is 4.79 Å². The number of carbonyl (C=O) groups is 1. The number of thiocarbonyl (C=S) groups is 1. The van der Waals surface area contributed by atoms with Crippen LogP contribution in [-0.2, 0) is 11.8 Å². The van der Waals surface area contributed by atoms with Crippen molar-refractivity contribution in [3.05, 3.63) is 23.9 Å². The molecule has 1 aromatic carbocycles. The van der Waals surface area contributed by atoms with Gasteiger partial charge < -0.3 is 15.8 Å². The predicted octanol–water partition coefficient (Wildman–Crippen LogP) is 1.02. The number of esters is 1. The molecular weight excluding hydrogens is 252 g/mol. The number of benzene rings is 1. The molecule has 0 aliphatic rings. The van der Waals surface area contributed by atoms with Crippen molar-refractivity contribution in [3.63, 3.8) is 0 Å². The van der Waals surface area contributed by atoms with E-state index in [1.807, 2.05) is 12.1 Å². The summed E-state index contributed by atoms with van der Waals surface area (Å²) < 4.78 is 6.31. The highest BCUT2D eigenvalue weighted by Crippen LogP contribution is 2.22. The van der Waals surface area contributed by atoms with Crippen molar-refractivity contribution >= 4 is 39.9 Å². The minimum atomic E-state index is -0.479. The molecule has 0 amide bonds. The van der Waals surface area contributed by atoms with Crippen molar-refractivity contribution in [2.75, 3.05) is 12.4 Å². The molecule has 0 fully saturated rings. The van der Waals surface area contributed by atoms with Crippen molar-refractivity contribution in [2.45, 2.75) is 0 Å². The highest BCUT2D eigenvalue weighted by atomic mass is 32.1. The van der Waals surface area contributed by atoms with E-state index in [9.17, 15) is 4.79 Å². The molecule has 0 saturated carbocycles. The van der Waals surface area contributed by atoms with E-state index in [1.165, 1.54) is 7.11 Å². The molecule has 18 heavy (non-hydrogen) atoms. The van der Waals surface area contributed by atoms with Gasteiger partial charge in [-0.1, -0.05) is 0 Å². The first-order valence-electron chi connectivity index (χ1n) is 5.14. The lowest BCUT2D eigenvalue weighted by atomic mass is 10.2. The van der Waals surface area contributed by atoms with Gasteiger partial charge >= 0.3 is 5.97 Å². The Kier molecular flexibility index (Phi) is 3.15. The molecular formula is C11H12N4O2S. The molecule has 0 atom stereocenters. The van der Waals surface area contributed by atoms with Gasteiger partial charge in [-0.2, -0.15) is 5.10 Å². The molecule has 6 nitrogen and oxygen atoms in total. The van der Waals surface area contributed by atoms with Gasteiger partial charge in [0.15, 0.2) is 10.8 Å². The molecule has 2 aromatic rings. The zero-order valence-electron chi connectivity index (χ0n) is 9.93. The number of carbonyl (C=O) groups excluding carboxylic acids is 1. The molecule has 1 heterocycles. The van der Waals surface area contributed by atoms with Crippen molar-refractivity contribution in [2.24, 2.45) is 12.8 Å². The highest BCUT2D eigenvalue weighted by molar-refractivity contribution is 7.80. The zero-order valence-corrected chi connectivity index (χ0v) is 10.7. The van der Waals surface area contributed by atoms with E-state index < -0.39 is 5.97 Å². The number of rotatable bonds is 2. The lowest BCUT2D eigenvalue weighted by Gasteiger charge is -2.03. The number of nitrogens with two attached hydrogens (primary N) is 1. The minimum Gasteiger partial charge on any atom is -0.464 e. The van der Waals surface area contributed by atoms with Crippen molar-refractivity contribution in [3.8, 4) is 0 Å². The van der Waals surface area contributed by atoms with Crippen LogP contribution in [0.15, 0.2) is 18.2 Å². The maximum atomic E-state index is 11.6. The molecule has 0 aliphatic heterocycles. The van der Waals surface area contributed by atoms with Crippen LogP contribution in [-0.4, -0.2) is 28.0 Å². The summed E-state index contributed by atoms with van der Waals surface area (Å²) in [6.07, 6.45) is 0. The monoisotopic (exact) mass is 264 g/mol. The smallest absolute Gasteiger partial charge is 0.359 e. The molecule has 3 N–H and O–H groups in total. The zero-order chi connectivity index (χ0) is 13.3. The standard InChI is InChI=1S/C11H12N4O2S/c1-15-8-4-3-6(13-11(12)18)5-7(8)9(14-15)10(16)17-2/h3-5H,1-2H3,(H3,12,13,18). The summed E-state index contributed by atoms with van der Waals surface area (Å²) in [6.45, 7) is 0. The van der Waals surface area contributed by atoms with Crippen molar-refractivity contribution in [1.29, 1.82) is 0 Å². The van der Waals surface area contributed by atoms with Crippen LogP contribution in [0.4, 0.5) is 5.69 Å². The van der Waals surface area contributed by atoms with Crippen LogP contribution in [0, 0.1) is 0 Å². The van der Waals surface area contributed by atoms with E-state index in [0.717, 1.165) is 5.52 Å². The van der Waals surface area contributed by atoms with Crippen LogP contribution in [0.2, 0.25) is 0 Å². The average molecular weight is 264 g/mol. The van der Waals surface area contributed by atoms with E-state index in [2.05, 4.69) is 10.4 Å². The number of fused-ring (bicyclic) bond motifs is 1. The van der Waals surface area contributed by atoms with Gasteiger partial charge in [0, 0.05) is 18.1 Å². The van der Waals surface area contributed by atoms with E-state index in [-0.39, 0.29) is 10.8 Å². The summed E-state index contributed by atoms with van der Waals surface area (Å²) in [6, 6.07) is 5.40. The number of hydrogen-bond donors (Lipinski definition) is 2. The molecule has 2 rings (SSSR count). The van der Waals surface area contributed by atoms with Crippen LogP contribution in [0.25, 0.3) is 10.9 Å². The Morgan fingerprint density at radius 1 is 1.56 bits per heavy atom. The Labute approximate surface area is 109 Å². The Morgan fingerprint density at radius 3 is 2.89 bits per heavy atom. The number of anilines is 1. The number of methoxy groups -OCH3 is 1. The van der Waals surface area contributed by atoms with Gasteiger partial charge in [-0.15, -0.1) is 0 Å². The molecule has 0 bridgehead atoms. The molecule has 7 heteroatoms. The highest BCUT2D eigenvalue weighted by Gasteiger charge is 2.16. The van der Waals surface area contributed by atoms with Gasteiger partial charge in [0.2, 0.25) is 0 Å². The molecule has 0 spiro atoms. The van der Waals surface area contributed by atoms with Crippen LogP contribution in [0.5, 0.6) is 0 Å². The normalized spacial score (nSPS) is 10.3. The summed E-state index contributed by atoms with van der Waals surface area (Å²) >= 11 is 4.77. The average Bonchev–Trinajstić information content (AvgIpc) is 2.65. The second kappa shape index (κ2) is 4.61. The summed E-state index contributed by atoms with van der Waals surface area (Å²) in [5.74, 6) is -0.479. The summed E-state index contributed by atoms with van der Waals surface area (Å²) in [4.78, 5) is 11.6.